The van der Waals surface area contributed by atoms with E-state index < -0.39 is 6.04 Å². The molecular weight excluding hydrogens is 524 g/mol. The van der Waals surface area contributed by atoms with Crippen LogP contribution >= 0.6 is 0 Å². The van der Waals surface area contributed by atoms with Gasteiger partial charge in [-0.1, -0.05) is 6.07 Å². The Balaban J connectivity index is 1.45. The van der Waals surface area contributed by atoms with Gasteiger partial charge in [-0.2, -0.15) is 0 Å². The maximum absolute atomic E-state index is 14.0. The van der Waals surface area contributed by atoms with E-state index in [1.54, 1.807) is 67.7 Å². The summed E-state index contributed by atoms with van der Waals surface area (Å²) in [5, 5.41) is 3.34. The molecule has 0 aromatic heterocycles. The number of likely N-dealkylation sites (tertiary alicyclic amines) is 1. The van der Waals surface area contributed by atoms with Crippen molar-refractivity contribution in [2.24, 2.45) is 0 Å². The molecule has 0 saturated carbocycles. The van der Waals surface area contributed by atoms with Crippen LogP contribution in [-0.2, 0) is 9.53 Å². The SMILES string of the molecule is COc1ccc(C(=O)N(CC2CCCO2)C2CC(C(=O)N3CCCNCC3)N(C(=O)c3cccc(OC)c3)C2)cc1. The Morgan fingerprint density at radius 1 is 0.976 bits per heavy atom. The molecule has 3 saturated heterocycles. The Bertz CT molecular complexity index is 1210. The fourth-order valence-electron chi connectivity index (χ4n) is 6.00. The van der Waals surface area contributed by atoms with Gasteiger partial charge in [0.1, 0.15) is 17.5 Å². The van der Waals surface area contributed by atoms with Crippen molar-refractivity contribution in [2.45, 2.75) is 43.9 Å². The molecule has 2 aromatic carbocycles. The third-order valence-electron chi connectivity index (χ3n) is 8.26. The highest BCUT2D eigenvalue weighted by Gasteiger charge is 2.45. The van der Waals surface area contributed by atoms with Crippen LogP contribution in [0.3, 0.4) is 0 Å². The van der Waals surface area contributed by atoms with E-state index in [0.29, 0.717) is 61.8 Å². The smallest absolute Gasteiger partial charge is 0.254 e. The first-order valence-electron chi connectivity index (χ1n) is 14.5. The van der Waals surface area contributed by atoms with Crippen LogP contribution in [-0.4, -0.2) is 111 Å². The minimum Gasteiger partial charge on any atom is -0.497 e. The van der Waals surface area contributed by atoms with Crippen molar-refractivity contribution < 1.29 is 28.6 Å². The molecule has 3 aliphatic rings. The van der Waals surface area contributed by atoms with Gasteiger partial charge in [-0.05, 0) is 74.7 Å². The van der Waals surface area contributed by atoms with Gasteiger partial charge in [0, 0.05) is 50.5 Å². The van der Waals surface area contributed by atoms with Crippen molar-refractivity contribution in [3.05, 3.63) is 59.7 Å². The molecule has 10 nitrogen and oxygen atoms in total. The molecule has 2 aromatic rings. The molecule has 0 bridgehead atoms. The number of nitrogens with one attached hydrogen (secondary N) is 1. The number of benzene rings is 2. The summed E-state index contributed by atoms with van der Waals surface area (Å²) in [5.41, 5.74) is 0.982. The fraction of sp³-hybridized carbons (Fsp3) is 0.516. The van der Waals surface area contributed by atoms with Crippen molar-refractivity contribution in [3.63, 3.8) is 0 Å². The average molecular weight is 565 g/mol. The third kappa shape index (κ3) is 6.65. The van der Waals surface area contributed by atoms with E-state index in [1.165, 1.54) is 0 Å². The number of hydrogen-bond acceptors (Lipinski definition) is 7. The topological polar surface area (TPSA) is 101 Å². The molecule has 3 atom stereocenters. The molecule has 3 heterocycles. The molecular formula is C31H40N4O6. The van der Waals surface area contributed by atoms with Gasteiger partial charge in [-0.3, -0.25) is 14.4 Å². The van der Waals surface area contributed by atoms with Gasteiger partial charge < -0.3 is 34.2 Å². The summed E-state index contributed by atoms with van der Waals surface area (Å²) in [6.07, 6.45) is 2.96. The summed E-state index contributed by atoms with van der Waals surface area (Å²) in [7, 11) is 3.15. The quantitative estimate of drug-likeness (QED) is 0.526. The number of nitrogens with zero attached hydrogens (tertiary/aromatic N) is 3. The van der Waals surface area contributed by atoms with Crippen LogP contribution in [0.1, 0.15) is 46.4 Å². The summed E-state index contributed by atoms with van der Waals surface area (Å²) < 4.78 is 16.6. The number of carbonyl (C=O) groups excluding carboxylic acids is 3. The van der Waals surface area contributed by atoms with E-state index in [4.69, 9.17) is 14.2 Å². The predicted molar refractivity (Wildman–Crippen MR) is 153 cm³/mol. The lowest BCUT2D eigenvalue weighted by Crippen LogP contribution is -2.48. The molecule has 3 aliphatic heterocycles. The van der Waals surface area contributed by atoms with Gasteiger partial charge in [-0.15, -0.1) is 0 Å². The summed E-state index contributed by atoms with van der Waals surface area (Å²) in [6, 6.07) is 13.0. The Kier molecular flexibility index (Phi) is 9.41. The first-order chi connectivity index (χ1) is 20.0. The maximum Gasteiger partial charge on any atom is 0.254 e. The van der Waals surface area contributed by atoms with Gasteiger partial charge in [0.25, 0.3) is 11.8 Å². The maximum atomic E-state index is 14.0. The van der Waals surface area contributed by atoms with Crippen LogP contribution in [0.4, 0.5) is 0 Å². The number of amides is 3. The number of methoxy groups -OCH3 is 2. The Morgan fingerprint density at radius 2 is 1.78 bits per heavy atom. The van der Waals surface area contributed by atoms with E-state index >= 15 is 0 Å². The van der Waals surface area contributed by atoms with Crippen LogP contribution in [0.25, 0.3) is 0 Å². The Labute approximate surface area is 241 Å². The summed E-state index contributed by atoms with van der Waals surface area (Å²) in [6.45, 7) is 4.13. The molecule has 3 fully saturated rings. The second-order valence-electron chi connectivity index (χ2n) is 10.8. The number of rotatable bonds is 8. The largest absolute Gasteiger partial charge is 0.497 e. The second kappa shape index (κ2) is 13.4. The lowest BCUT2D eigenvalue weighted by Gasteiger charge is -2.31. The normalized spacial score (nSPS) is 22.7. The van der Waals surface area contributed by atoms with Crippen molar-refractivity contribution >= 4 is 17.7 Å². The van der Waals surface area contributed by atoms with E-state index in [-0.39, 0.29) is 36.4 Å². The molecule has 0 radical (unpaired) electrons. The van der Waals surface area contributed by atoms with Crippen molar-refractivity contribution in [3.8, 4) is 11.5 Å². The van der Waals surface area contributed by atoms with Gasteiger partial charge in [0.2, 0.25) is 5.91 Å². The van der Waals surface area contributed by atoms with Gasteiger partial charge in [0.05, 0.1) is 26.4 Å². The Morgan fingerprint density at radius 3 is 2.51 bits per heavy atom. The predicted octanol–water partition coefficient (Wildman–Crippen LogP) is 2.43. The first kappa shape index (κ1) is 28.9. The molecule has 220 valence electrons. The molecule has 10 heteroatoms. The van der Waals surface area contributed by atoms with Crippen LogP contribution in [0.2, 0.25) is 0 Å². The number of hydrogen-bond donors (Lipinski definition) is 1. The third-order valence-corrected chi connectivity index (χ3v) is 8.26. The van der Waals surface area contributed by atoms with Crippen LogP contribution in [0, 0.1) is 0 Å². The number of carbonyl (C=O) groups is 3. The molecule has 1 N–H and O–H groups in total. The zero-order valence-corrected chi connectivity index (χ0v) is 23.9. The lowest BCUT2D eigenvalue weighted by molar-refractivity contribution is -0.135. The van der Waals surface area contributed by atoms with Crippen molar-refractivity contribution in [1.82, 2.24) is 20.0 Å². The molecule has 3 unspecified atom stereocenters. The van der Waals surface area contributed by atoms with Gasteiger partial charge in [0.15, 0.2) is 0 Å². The summed E-state index contributed by atoms with van der Waals surface area (Å²) in [4.78, 5) is 47.2. The van der Waals surface area contributed by atoms with E-state index in [1.807, 2.05) is 9.80 Å². The molecule has 3 amide bonds. The first-order valence-corrected chi connectivity index (χ1v) is 14.5. The van der Waals surface area contributed by atoms with Gasteiger partial charge in [-0.25, -0.2) is 0 Å². The van der Waals surface area contributed by atoms with Crippen LogP contribution in [0.5, 0.6) is 11.5 Å². The summed E-state index contributed by atoms with van der Waals surface area (Å²) >= 11 is 0. The Hall–Kier alpha value is -3.63. The number of ether oxygens (including phenoxy) is 3. The average Bonchev–Trinajstić information content (AvgIpc) is 3.62. The lowest BCUT2D eigenvalue weighted by atomic mass is 10.1. The monoisotopic (exact) mass is 564 g/mol. The van der Waals surface area contributed by atoms with E-state index in [9.17, 15) is 14.4 Å². The van der Waals surface area contributed by atoms with Crippen LogP contribution in [0.15, 0.2) is 48.5 Å². The van der Waals surface area contributed by atoms with Crippen LogP contribution < -0.4 is 14.8 Å². The minimum atomic E-state index is -0.674. The molecule has 5 rings (SSSR count). The highest BCUT2D eigenvalue weighted by atomic mass is 16.5. The zero-order valence-electron chi connectivity index (χ0n) is 23.9. The summed E-state index contributed by atoms with van der Waals surface area (Å²) in [5.74, 6) is 0.783. The fourth-order valence-corrected chi connectivity index (χ4v) is 6.00. The highest BCUT2D eigenvalue weighted by Crippen LogP contribution is 2.30. The van der Waals surface area contributed by atoms with Crippen molar-refractivity contribution in [1.29, 1.82) is 0 Å². The second-order valence-corrected chi connectivity index (χ2v) is 10.8. The minimum absolute atomic E-state index is 0.0681. The van der Waals surface area contributed by atoms with E-state index in [0.717, 1.165) is 25.8 Å². The molecule has 0 aliphatic carbocycles. The highest BCUT2D eigenvalue weighted by molar-refractivity contribution is 5.99. The zero-order chi connectivity index (χ0) is 28.8. The van der Waals surface area contributed by atoms with E-state index in [2.05, 4.69) is 5.32 Å². The van der Waals surface area contributed by atoms with Gasteiger partial charge >= 0.3 is 0 Å². The standard InChI is InChI=1S/C31H40N4O6/c1-39-25-11-9-22(10-12-25)29(36)34(21-27-8-4-17-41-27)24-19-28(31(38)33-15-5-13-32-14-16-33)35(20-24)30(37)23-6-3-7-26(18-23)40-2/h3,6-7,9-12,18,24,27-28,32H,4-5,8,13-17,19-21H2,1-2H3. The van der Waals surface area contributed by atoms with Crippen molar-refractivity contribution in [2.75, 3.05) is 60.1 Å². The molecule has 0 spiro atoms. The molecule has 41 heavy (non-hydrogen) atoms.